The second kappa shape index (κ2) is 4.78. The topological polar surface area (TPSA) is 51.0 Å². The number of nitrogens with one attached hydrogen (secondary N) is 1. The maximum Gasteiger partial charge on any atom is 0.321 e. The Morgan fingerprint density at radius 2 is 2.17 bits per heavy atom. The Morgan fingerprint density at radius 1 is 1.33 bits per heavy atom. The minimum Gasteiger partial charge on any atom is -0.335 e. The summed E-state index contributed by atoms with van der Waals surface area (Å²) in [5, 5.41) is 8.30. The van der Waals surface area contributed by atoms with E-state index in [0.29, 0.717) is 34.3 Å². The molecule has 0 spiro atoms. The zero-order valence-corrected chi connectivity index (χ0v) is 11.0. The van der Waals surface area contributed by atoms with Crippen molar-refractivity contribution in [2.24, 2.45) is 0 Å². The fraction of sp³-hybridized carbons (Fsp3) is 0.333. The molecule has 1 aromatic carbocycles. The highest BCUT2D eigenvalue weighted by molar-refractivity contribution is 6.35. The molecule has 6 heteroatoms. The molecule has 1 aliphatic rings. The van der Waals surface area contributed by atoms with E-state index in [1.165, 1.54) is 12.8 Å². The van der Waals surface area contributed by atoms with Gasteiger partial charge in [0.2, 0.25) is 0 Å². The predicted molar refractivity (Wildman–Crippen MR) is 70.2 cm³/mol. The minimum absolute atomic E-state index is 0.484. The first kappa shape index (κ1) is 11.8. The van der Waals surface area contributed by atoms with Gasteiger partial charge in [0.15, 0.2) is 5.82 Å². The molecule has 1 saturated carbocycles. The van der Waals surface area contributed by atoms with Gasteiger partial charge >= 0.3 is 6.01 Å². The maximum absolute atomic E-state index is 6.09. The molecule has 0 radical (unpaired) electrons. The third-order valence-electron chi connectivity index (χ3n) is 2.74. The zero-order chi connectivity index (χ0) is 12.5. The van der Waals surface area contributed by atoms with Crippen LogP contribution in [0.15, 0.2) is 22.7 Å². The molecule has 2 aromatic rings. The van der Waals surface area contributed by atoms with Crippen LogP contribution in [0.4, 0.5) is 6.01 Å². The van der Waals surface area contributed by atoms with Crippen LogP contribution < -0.4 is 5.32 Å². The van der Waals surface area contributed by atoms with Gasteiger partial charge in [0, 0.05) is 22.5 Å². The Morgan fingerprint density at radius 3 is 2.89 bits per heavy atom. The van der Waals surface area contributed by atoms with Gasteiger partial charge in [-0.1, -0.05) is 34.4 Å². The lowest BCUT2D eigenvalue weighted by Crippen LogP contribution is -2.01. The summed E-state index contributed by atoms with van der Waals surface area (Å²) in [5.74, 6) is 0.613. The fourth-order valence-electron chi connectivity index (χ4n) is 1.62. The smallest absolute Gasteiger partial charge is 0.321 e. The van der Waals surface area contributed by atoms with Crippen molar-refractivity contribution in [2.75, 3.05) is 5.32 Å². The SMILES string of the molecule is Clc1ccc(Cc2noc(NC3CC3)n2)c(Cl)c1. The lowest BCUT2D eigenvalue weighted by Gasteiger charge is -2.00. The van der Waals surface area contributed by atoms with Crippen LogP contribution in [-0.4, -0.2) is 16.2 Å². The molecule has 1 aromatic heterocycles. The van der Waals surface area contributed by atoms with Gasteiger partial charge in [-0.05, 0) is 30.5 Å². The second-order valence-electron chi connectivity index (χ2n) is 4.35. The number of hydrogen-bond donors (Lipinski definition) is 1. The number of anilines is 1. The summed E-state index contributed by atoms with van der Waals surface area (Å²) in [7, 11) is 0. The van der Waals surface area contributed by atoms with Crippen molar-refractivity contribution >= 4 is 29.2 Å². The van der Waals surface area contributed by atoms with E-state index in [2.05, 4.69) is 15.5 Å². The number of nitrogens with zero attached hydrogens (tertiary/aromatic N) is 2. The summed E-state index contributed by atoms with van der Waals surface area (Å²) in [6.07, 6.45) is 2.87. The molecule has 0 amide bonds. The largest absolute Gasteiger partial charge is 0.335 e. The zero-order valence-electron chi connectivity index (χ0n) is 9.49. The molecule has 0 unspecified atom stereocenters. The van der Waals surface area contributed by atoms with Crippen LogP contribution in [0, 0.1) is 0 Å². The summed E-state index contributed by atoms with van der Waals surface area (Å²) in [6, 6.07) is 6.36. The van der Waals surface area contributed by atoms with Crippen LogP contribution in [0.1, 0.15) is 24.2 Å². The highest BCUT2D eigenvalue weighted by atomic mass is 35.5. The van der Waals surface area contributed by atoms with E-state index < -0.39 is 0 Å². The summed E-state index contributed by atoms with van der Waals surface area (Å²) >= 11 is 11.9. The van der Waals surface area contributed by atoms with Gasteiger partial charge < -0.3 is 9.84 Å². The first-order valence-electron chi connectivity index (χ1n) is 5.74. The summed E-state index contributed by atoms with van der Waals surface area (Å²) in [6.45, 7) is 0. The van der Waals surface area contributed by atoms with Crippen LogP contribution in [-0.2, 0) is 6.42 Å². The van der Waals surface area contributed by atoms with E-state index in [-0.39, 0.29) is 0 Å². The average molecular weight is 284 g/mol. The van der Waals surface area contributed by atoms with E-state index in [0.717, 1.165) is 5.56 Å². The van der Waals surface area contributed by atoms with E-state index >= 15 is 0 Å². The number of hydrogen-bond acceptors (Lipinski definition) is 4. The summed E-state index contributed by atoms with van der Waals surface area (Å²) < 4.78 is 5.11. The van der Waals surface area contributed by atoms with Gasteiger partial charge in [0.1, 0.15) is 0 Å². The Hall–Kier alpha value is -1.26. The molecular weight excluding hydrogens is 273 g/mol. The van der Waals surface area contributed by atoms with Crippen molar-refractivity contribution in [2.45, 2.75) is 25.3 Å². The van der Waals surface area contributed by atoms with Crippen molar-refractivity contribution < 1.29 is 4.52 Å². The lowest BCUT2D eigenvalue weighted by molar-refractivity contribution is 0.423. The molecule has 0 aliphatic heterocycles. The van der Waals surface area contributed by atoms with Crippen molar-refractivity contribution in [3.63, 3.8) is 0 Å². The molecule has 1 aliphatic carbocycles. The Balaban J connectivity index is 1.72. The first-order valence-corrected chi connectivity index (χ1v) is 6.49. The third kappa shape index (κ3) is 2.76. The minimum atomic E-state index is 0.484. The second-order valence-corrected chi connectivity index (χ2v) is 5.19. The monoisotopic (exact) mass is 283 g/mol. The molecule has 94 valence electrons. The Kier molecular flexibility index (Phi) is 3.14. The highest BCUT2D eigenvalue weighted by Gasteiger charge is 2.23. The molecule has 18 heavy (non-hydrogen) atoms. The number of aromatic nitrogens is 2. The molecule has 0 saturated heterocycles. The number of benzene rings is 1. The van der Waals surface area contributed by atoms with E-state index in [1.807, 2.05) is 6.07 Å². The molecule has 1 N–H and O–H groups in total. The molecule has 0 atom stereocenters. The van der Waals surface area contributed by atoms with Gasteiger partial charge in [-0.25, -0.2) is 0 Å². The summed E-state index contributed by atoms with van der Waals surface area (Å²) in [5.41, 5.74) is 0.930. The molecule has 3 rings (SSSR count). The van der Waals surface area contributed by atoms with Crippen LogP contribution in [0.3, 0.4) is 0 Å². The van der Waals surface area contributed by atoms with Crippen molar-refractivity contribution in [3.05, 3.63) is 39.6 Å². The van der Waals surface area contributed by atoms with Crippen molar-refractivity contribution in [1.82, 2.24) is 10.1 Å². The van der Waals surface area contributed by atoms with Crippen molar-refractivity contribution in [3.8, 4) is 0 Å². The van der Waals surface area contributed by atoms with E-state index in [9.17, 15) is 0 Å². The normalized spacial score (nSPS) is 14.8. The average Bonchev–Trinajstić information content (AvgIpc) is 3.02. The first-order chi connectivity index (χ1) is 8.70. The van der Waals surface area contributed by atoms with Gasteiger partial charge in [-0.3, -0.25) is 0 Å². The Bertz CT molecular complexity index is 566. The number of halogens is 2. The molecule has 1 fully saturated rings. The van der Waals surface area contributed by atoms with Crippen LogP contribution in [0.25, 0.3) is 0 Å². The molecule has 1 heterocycles. The fourth-order valence-corrected chi connectivity index (χ4v) is 2.10. The van der Waals surface area contributed by atoms with Crippen molar-refractivity contribution in [1.29, 1.82) is 0 Å². The standard InChI is InChI=1S/C12H11Cl2N3O/c13-8-2-1-7(10(14)6-8)5-11-16-12(18-17-11)15-9-3-4-9/h1-2,6,9H,3-5H2,(H,15,16,17). The van der Waals surface area contributed by atoms with Gasteiger partial charge in [0.05, 0.1) is 0 Å². The Labute approximate surface area is 114 Å². The quantitative estimate of drug-likeness (QED) is 0.933. The van der Waals surface area contributed by atoms with Crippen LogP contribution in [0.5, 0.6) is 0 Å². The third-order valence-corrected chi connectivity index (χ3v) is 3.32. The molecule has 0 bridgehead atoms. The number of rotatable bonds is 4. The summed E-state index contributed by atoms with van der Waals surface area (Å²) in [4.78, 5) is 4.27. The lowest BCUT2D eigenvalue weighted by atomic mass is 10.1. The highest BCUT2D eigenvalue weighted by Crippen LogP contribution is 2.25. The van der Waals surface area contributed by atoms with Crippen LogP contribution in [0.2, 0.25) is 10.0 Å². The molecule has 4 nitrogen and oxygen atoms in total. The van der Waals surface area contributed by atoms with E-state index in [4.69, 9.17) is 27.7 Å². The van der Waals surface area contributed by atoms with Gasteiger partial charge in [-0.2, -0.15) is 4.98 Å². The maximum atomic E-state index is 6.09. The molecular formula is C12H11Cl2N3O. The van der Waals surface area contributed by atoms with Gasteiger partial charge in [0.25, 0.3) is 0 Å². The van der Waals surface area contributed by atoms with E-state index in [1.54, 1.807) is 12.1 Å². The predicted octanol–water partition coefficient (Wildman–Crippen LogP) is 3.54. The van der Waals surface area contributed by atoms with Crippen LogP contribution >= 0.6 is 23.2 Å². The van der Waals surface area contributed by atoms with Gasteiger partial charge in [-0.15, -0.1) is 0 Å².